The van der Waals surface area contributed by atoms with Crippen molar-refractivity contribution < 1.29 is 9.47 Å². The predicted octanol–water partition coefficient (Wildman–Crippen LogP) is 4.05. The summed E-state index contributed by atoms with van der Waals surface area (Å²) in [6, 6.07) is 14.2. The lowest BCUT2D eigenvalue weighted by Crippen LogP contribution is -1.98. The van der Waals surface area contributed by atoms with Gasteiger partial charge in [0, 0.05) is 5.56 Å². The minimum absolute atomic E-state index is 0.206. The Hall–Kier alpha value is -1.51. The Bertz CT molecular complexity index is 595. The van der Waals surface area contributed by atoms with Gasteiger partial charge in [0.2, 0.25) is 0 Å². The summed E-state index contributed by atoms with van der Waals surface area (Å²) in [6.07, 6.45) is 0. The van der Waals surface area contributed by atoms with Crippen LogP contribution in [0.5, 0.6) is 5.75 Å². The van der Waals surface area contributed by atoms with E-state index < -0.39 is 0 Å². The standard InChI is InChI=1S/C16H15ClO2/c1-18-15-5-3-2-4-14(15)16(17)11-6-7-12-9-19-10-13(12)8-11/h2-8,16H,9-10H2,1H3. The van der Waals surface area contributed by atoms with E-state index in [1.807, 2.05) is 24.3 Å². The van der Waals surface area contributed by atoms with Crippen molar-refractivity contribution in [3.8, 4) is 5.75 Å². The van der Waals surface area contributed by atoms with Crippen molar-refractivity contribution in [2.45, 2.75) is 18.6 Å². The Labute approximate surface area is 117 Å². The van der Waals surface area contributed by atoms with Crippen LogP contribution in [0.1, 0.15) is 27.6 Å². The van der Waals surface area contributed by atoms with E-state index in [4.69, 9.17) is 21.1 Å². The van der Waals surface area contributed by atoms with Gasteiger partial charge in [-0.3, -0.25) is 0 Å². The molecule has 2 nitrogen and oxygen atoms in total. The van der Waals surface area contributed by atoms with Gasteiger partial charge < -0.3 is 9.47 Å². The Balaban J connectivity index is 1.97. The molecule has 2 aromatic carbocycles. The normalized spacial score (nSPS) is 15.1. The van der Waals surface area contributed by atoms with Gasteiger partial charge in [-0.1, -0.05) is 36.4 Å². The maximum atomic E-state index is 6.60. The molecule has 0 saturated carbocycles. The zero-order chi connectivity index (χ0) is 13.2. The summed E-state index contributed by atoms with van der Waals surface area (Å²) in [7, 11) is 1.67. The van der Waals surface area contributed by atoms with Crippen LogP contribution in [-0.2, 0) is 18.0 Å². The second kappa shape index (κ2) is 5.24. The number of rotatable bonds is 3. The van der Waals surface area contributed by atoms with E-state index in [1.165, 1.54) is 11.1 Å². The van der Waals surface area contributed by atoms with Crippen LogP contribution in [0.4, 0.5) is 0 Å². The van der Waals surface area contributed by atoms with Gasteiger partial charge in [0.25, 0.3) is 0 Å². The maximum Gasteiger partial charge on any atom is 0.123 e. The van der Waals surface area contributed by atoms with Crippen molar-refractivity contribution in [2.75, 3.05) is 7.11 Å². The van der Waals surface area contributed by atoms with Gasteiger partial charge in [0.1, 0.15) is 5.75 Å². The first-order valence-corrected chi connectivity index (χ1v) is 6.69. The third kappa shape index (κ3) is 2.34. The molecule has 1 heterocycles. The number of methoxy groups -OCH3 is 1. The Morgan fingerprint density at radius 2 is 1.89 bits per heavy atom. The minimum atomic E-state index is -0.206. The highest BCUT2D eigenvalue weighted by Crippen LogP contribution is 2.36. The molecular formula is C16H15ClO2. The molecule has 1 aliphatic rings. The first kappa shape index (κ1) is 12.5. The summed E-state index contributed by atoms with van der Waals surface area (Å²) in [4.78, 5) is 0. The van der Waals surface area contributed by atoms with Crippen LogP contribution in [0.3, 0.4) is 0 Å². The van der Waals surface area contributed by atoms with Crippen LogP contribution < -0.4 is 4.74 Å². The fourth-order valence-electron chi connectivity index (χ4n) is 2.40. The summed E-state index contributed by atoms with van der Waals surface area (Å²) >= 11 is 6.60. The fraction of sp³-hybridized carbons (Fsp3) is 0.250. The van der Waals surface area contributed by atoms with Gasteiger partial charge in [-0.05, 0) is 22.8 Å². The Morgan fingerprint density at radius 1 is 1.11 bits per heavy atom. The minimum Gasteiger partial charge on any atom is -0.496 e. The number of hydrogen-bond donors (Lipinski definition) is 0. The number of fused-ring (bicyclic) bond motifs is 1. The maximum absolute atomic E-state index is 6.60. The largest absolute Gasteiger partial charge is 0.496 e. The van der Waals surface area contributed by atoms with Crippen molar-refractivity contribution >= 4 is 11.6 Å². The van der Waals surface area contributed by atoms with Crippen LogP contribution in [-0.4, -0.2) is 7.11 Å². The van der Waals surface area contributed by atoms with E-state index in [2.05, 4.69) is 18.2 Å². The predicted molar refractivity (Wildman–Crippen MR) is 75.6 cm³/mol. The SMILES string of the molecule is COc1ccccc1C(Cl)c1ccc2c(c1)COC2. The fourth-order valence-corrected chi connectivity index (χ4v) is 2.72. The smallest absolute Gasteiger partial charge is 0.123 e. The molecule has 2 aromatic rings. The molecule has 0 radical (unpaired) electrons. The van der Waals surface area contributed by atoms with Crippen molar-refractivity contribution in [2.24, 2.45) is 0 Å². The summed E-state index contributed by atoms with van der Waals surface area (Å²) in [5.74, 6) is 0.819. The number of alkyl halides is 1. The van der Waals surface area contributed by atoms with Gasteiger partial charge >= 0.3 is 0 Å². The second-order valence-corrected chi connectivity index (χ2v) is 5.06. The lowest BCUT2D eigenvalue weighted by molar-refractivity contribution is 0.134. The van der Waals surface area contributed by atoms with E-state index in [0.717, 1.165) is 16.9 Å². The first-order valence-electron chi connectivity index (χ1n) is 6.26. The zero-order valence-electron chi connectivity index (χ0n) is 10.7. The highest BCUT2D eigenvalue weighted by molar-refractivity contribution is 6.22. The van der Waals surface area contributed by atoms with E-state index in [9.17, 15) is 0 Å². The molecule has 0 N–H and O–H groups in total. The number of hydrogen-bond acceptors (Lipinski definition) is 2. The van der Waals surface area contributed by atoms with Crippen molar-refractivity contribution in [1.82, 2.24) is 0 Å². The molecule has 1 aliphatic heterocycles. The molecule has 1 unspecified atom stereocenters. The molecular weight excluding hydrogens is 260 g/mol. The van der Waals surface area contributed by atoms with Gasteiger partial charge in [-0.25, -0.2) is 0 Å². The van der Waals surface area contributed by atoms with Crippen LogP contribution in [0, 0.1) is 0 Å². The lowest BCUT2D eigenvalue weighted by atomic mass is 9.99. The summed E-state index contributed by atoms with van der Waals surface area (Å²) < 4.78 is 10.8. The molecule has 98 valence electrons. The summed E-state index contributed by atoms with van der Waals surface area (Å²) in [5, 5.41) is -0.206. The van der Waals surface area contributed by atoms with Crippen LogP contribution in [0.25, 0.3) is 0 Å². The van der Waals surface area contributed by atoms with Gasteiger partial charge in [-0.15, -0.1) is 11.6 Å². The Morgan fingerprint density at radius 3 is 2.74 bits per heavy atom. The summed E-state index contributed by atoms with van der Waals surface area (Å²) in [5.41, 5.74) is 4.56. The zero-order valence-corrected chi connectivity index (χ0v) is 11.5. The lowest BCUT2D eigenvalue weighted by Gasteiger charge is -2.15. The molecule has 0 spiro atoms. The molecule has 0 bridgehead atoms. The quantitative estimate of drug-likeness (QED) is 0.786. The van der Waals surface area contributed by atoms with Crippen molar-refractivity contribution in [3.05, 3.63) is 64.7 Å². The molecule has 3 rings (SSSR count). The average molecular weight is 275 g/mol. The number of benzene rings is 2. The summed E-state index contributed by atoms with van der Waals surface area (Å²) in [6.45, 7) is 1.38. The highest BCUT2D eigenvalue weighted by atomic mass is 35.5. The molecule has 0 aliphatic carbocycles. The third-order valence-corrected chi connectivity index (χ3v) is 3.94. The van der Waals surface area contributed by atoms with Crippen LogP contribution >= 0.6 is 11.6 Å². The van der Waals surface area contributed by atoms with E-state index in [-0.39, 0.29) is 5.38 Å². The monoisotopic (exact) mass is 274 g/mol. The average Bonchev–Trinajstić information content (AvgIpc) is 2.93. The van der Waals surface area contributed by atoms with Crippen molar-refractivity contribution in [3.63, 3.8) is 0 Å². The molecule has 0 aromatic heterocycles. The highest BCUT2D eigenvalue weighted by Gasteiger charge is 2.18. The van der Waals surface area contributed by atoms with Crippen molar-refractivity contribution in [1.29, 1.82) is 0 Å². The topological polar surface area (TPSA) is 18.5 Å². The van der Waals surface area contributed by atoms with Gasteiger partial charge in [-0.2, -0.15) is 0 Å². The molecule has 0 amide bonds. The molecule has 1 atom stereocenters. The van der Waals surface area contributed by atoms with Gasteiger partial charge in [0.15, 0.2) is 0 Å². The van der Waals surface area contributed by atoms with E-state index in [0.29, 0.717) is 13.2 Å². The van der Waals surface area contributed by atoms with Crippen LogP contribution in [0.2, 0.25) is 0 Å². The molecule has 3 heteroatoms. The second-order valence-electron chi connectivity index (χ2n) is 4.63. The Kier molecular flexibility index (Phi) is 3.45. The molecule has 0 fully saturated rings. The van der Waals surface area contributed by atoms with Gasteiger partial charge in [0.05, 0.1) is 25.7 Å². The number of ether oxygens (including phenoxy) is 2. The van der Waals surface area contributed by atoms with Crippen LogP contribution in [0.15, 0.2) is 42.5 Å². The number of para-hydroxylation sites is 1. The molecule has 19 heavy (non-hydrogen) atoms. The number of halogens is 1. The molecule has 0 saturated heterocycles. The first-order chi connectivity index (χ1) is 9.29. The third-order valence-electron chi connectivity index (χ3n) is 3.45. The van der Waals surface area contributed by atoms with E-state index in [1.54, 1.807) is 7.11 Å². The van der Waals surface area contributed by atoms with E-state index >= 15 is 0 Å².